The molecule has 0 fully saturated rings. The van der Waals surface area contributed by atoms with Crippen LogP contribution in [0.25, 0.3) is 44.2 Å². The molecule has 2 nitrogen and oxygen atoms in total. The SMILES string of the molecule is c1ccc(N(c2ccccc2)c2ccccc2-c2ccc3oc4cc(C5(c6ccccc6)c6ccccc6-c6ccccc65)ccc4c3c2)cc1. The molecular formula is C49H33NO. The summed E-state index contributed by atoms with van der Waals surface area (Å²) in [5, 5.41) is 2.22. The van der Waals surface area contributed by atoms with Gasteiger partial charge in [-0.2, -0.15) is 0 Å². The van der Waals surface area contributed by atoms with E-state index < -0.39 is 5.41 Å². The Balaban J connectivity index is 1.15. The van der Waals surface area contributed by atoms with Crippen molar-refractivity contribution in [3.8, 4) is 22.3 Å². The summed E-state index contributed by atoms with van der Waals surface area (Å²) in [7, 11) is 0. The molecule has 0 spiro atoms. The van der Waals surface area contributed by atoms with Gasteiger partial charge in [0.2, 0.25) is 0 Å². The van der Waals surface area contributed by atoms with E-state index >= 15 is 0 Å². The fourth-order valence-corrected chi connectivity index (χ4v) is 8.38. The van der Waals surface area contributed by atoms with Crippen LogP contribution in [0.4, 0.5) is 17.1 Å². The molecule has 0 radical (unpaired) electrons. The highest BCUT2D eigenvalue weighted by Crippen LogP contribution is 2.56. The number of rotatable bonds is 6. The molecule has 0 atom stereocenters. The van der Waals surface area contributed by atoms with Gasteiger partial charge in [-0.15, -0.1) is 0 Å². The summed E-state index contributed by atoms with van der Waals surface area (Å²) in [5.41, 5.74) is 14.5. The highest BCUT2D eigenvalue weighted by molar-refractivity contribution is 6.07. The highest BCUT2D eigenvalue weighted by Gasteiger charge is 2.46. The van der Waals surface area contributed by atoms with Gasteiger partial charge in [0.1, 0.15) is 11.2 Å². The summed E-state index contributed by atoms with van der Waals surface area (Å²) in [4.78, 5) is 2.33. The van der Waals surface area contributed by atoms with Gasteiger partial charge < -0.3 is 9.32 Å². The zero-order chi connectivity index (χ0) is 33.8. The van der Waals surface area contributed by atoms with E-state index in [-0.39, 0.29) is 0 Å². The van der Waals surface area contributed by atoms with Crippen LogP contribution in [0.15, 0.2) is 205 Å². The largest absolute Gasteiger partial charge is 0.456 e. The lowest BCUT2D eigenvalue weighted by Crippen LogP contribution is -2.28. The van der Waals surface area contributed by atoms with Crippen LogP contribution in [0.2, 0.25) is 0 Å². The van der Waals surface area contributed by atoms with Gasteiger partial charge in [-0.3, -0.25) is 0 Å². The van der Waals surface area contributed by atoms with E-state index in [2.05, 4.69) is 205 Å². The molecule has 240 valence electrons. The van der Waals surface area contributed by atoms with Gasteiger partial charge in [-0.05, 0) is 87.5 Å². The van der Waals surface area contributed by atoms with Crippen LogP contribution in [-0.2, 0) is 5.41 Å². The van der Waals surface area contributed by atoms with E-state index in [0.29, 0.717) is 0 Å². The maximum Gasteiger partial charge on any atom is 0.135 e. The molecule has 0 amide bonds. The van der Waals surface area contributed by atoms with E-state index in [4.69, 9.17) is 4.42 Å². The van der Waals surface area contributed by atoms with Crippen LogP contribution in [0.1, 0.15) is 22.3 Å². The van der Waals surface area contributed by atoms with Gasteiger partial charge in [0.15, 0.2) is 0 Å². The molecule has 0 bridgehead atoms. The lowest BCUT2D eigenvalue weighted by Gasteiger charge is -2.33. The summed E-state index contributed by atoms with van der Waals surface area (Å²) < 4.78 is 6.71. The van der Waals surface area contributed by atoms with Crippen molar-refractivity contribution in [3.05, 3.63) is 222 Å². The predicted molar refractivity (Wildman–Crippen MR) is 211 cm³/mol. The van der Waals surface area contributed by atoms with E-state index in [1.807, 2.05) is 0 Å². The maximum atomic E-state index is 6.71. The minimum Gasteiger partial charge on any atom is -0.456 e. The number of furan rings is 1. The Bertz CT molecular complexity index is 2610. The maximum absolute atomic E-state index is 6.71. The first-order chi connectivity index (χ1) is 25.3. The Hall–Kier alpha value is -6.64. The summed E-state index contributed by atoms with van der Waals surface area (Å²) in [6, 6.07) is 71.9. The van der Waals surface area contributed by atoms with Gasteiger partial charge in [-0.25, -0.2) is 0 Å². The fourth-order valence-electron chi connectivity index (χ4n) is 8.38. The zero-order valence-corrected chi connectivity index (χ0v) is 27.9. The van der Waals surface area contributed by atoms with Crippen LogP contribution in [0.5, 0.6) is 0 Å². The Morgan fingerprint density at radius 3 is 1.57 bits per heavy atom. The smallest absolute Gasteiger partial charge is 0.135 e. The monoisotopic (exact) mass is 651 g/mol. The second kappa shape index (κ2) is 11.8. The number of anilines is 3. The second-order valence-electron chi connectivity index (χ2n) is 13.3. The number of fused-ring (bicyclic) bond motifs is 6. The van der Waals surface area contributed by atoms with Crippen molar-refractivity contribution in [2.75, 3.05) is 4.90 Å². The molecule has 0 N–H and O–H groups in total. The van der Waals surface area contributed by atoms with Crippen molar-refractivity contribution in [3.63, 3.8) is 0 Å². The van der Waals surface area contributed by atoms with Crippen LogP contribution in [0, 0.1) is 0 Å². The average molecular weight is 652 g/mol. The van der Waals surface area contributed by atoms with Crippen molar-refractivity contribution in [1.29, 1.82) is 0 Å². The fraction of sp³-hybridized carbons (Fsp3) is 0.0204. The Morgan fingerprint density at radius 2 is 0.922 bits per heavy atom. The predicted octanol–water partition coefficient (Wildman–Crippen LogP) is 13.1. The topological polar surface area (TPSA) is 16.4 Å². The third kappa shape index (κ3) is 4.50. The first kappa shape index (κ1) is 29.3. The second-order valence-corrected chi connectivity index (χ2v) is 13.3. The van der Waals surface area contributed by atoms with Crippen molar-refractivity contribution >= 4 is 39.0 Å². The van der Waals surface area contributed by atoms with Gasteiger partial charge in [0.05, 0.1) is 11.1 Å². The average Bonchev–Trinajstić information content (AvgIpc) is 3.72. The first-order valence-corrected chi connectivity index (χ1v) is 17.5. The Labute approximate surface area is 297 Å². The number of nitrogens with zero attached hydrogens (tertiary/aromatic N) is 1. The molecule has 1 aliphatic rings. The van der Waals surface area contributed by atoms with Gasteiger partial charge >= 0.3 is 0 Å². The molecule has 0 saturated heterocycles. The van der Waals surface area contributed by atoms with E-state index in [1.54, 1.807) is 0 Å². The summed E-state index contributed by atoms with van der Waals surface area (Å²) in [6.45, 7) is 0. The third-order valence-electron chi connectivity index (χ3n) is 10.5. The minimum atomic E-state index is -0.468. The molecule has 51 heavy (non-hydrogen) atoms. The van der Waals surface area contributed by atoms with E-state index in [1.165, 1.54) is 33.4 Å². The van der Waals surface area contributed by atoms with Crippen molar-refractivity contribution in [2.45, 2.75) is 5.41 Å². The number of benzene rings is 8. The molecule has 1 aromatic heterocycles. The molecule has 0 aliphatic heterocycles. The van der Waals surface area contributed by atoms with Gasteiger partial charge in [-0.1, -0.05) is 152 Å². The molecule has 2 heteroatoms. The van der Waals surface area contributed by atoms with Crippen LogP contribution < -0.4 is 4.90 Å². The molecule has 8 aromatic carbocycles. The molecular weight excluding hydrogens is 619 g/mol. The lowest BCUT2D eigenvalue weighted by atomic mass is 9.67. The van der Waals surface area contributed by atoms with Crippen molar-refractivity contribution in [2.24, 2.45) is 0 Å². The molecule has 10 rings (SSSR count). The molecule has 1 aliphatic carbocycles. The van der Waals surface area contributed by atoms with Crippen molar-refractivity contribution in [1.82, 2.24) is 0 Å². The van der Waals surface area contributed by atoms with Gasteiger partial charge in [0, 0.05) is 27.7 Å². The Morgan fingerprint density at radius 1 is 0.373 bits per heavy atom. The Kier molecular flexibility index (Phi) is 6.75. The van der Waals surface area contributed by atoms with E-state index in [0.717, 1.165) is 50.1 Å². The lowest BCUT2D eigenvalue weighted by molar-refractivity contribution is 0.665. The number of hydrogen-bond donors (Lipinski definition) is 0. The quantitative estimate of drug-likeness (QED) is 0.178. The normalized spacial score (nSPS) is 12.9. The molecule has 0 saturated carbocycles. The third-order valence-corrected chi connectivity index (χ3v) is 10.5. The van der Waals surface area contributed by atoms with Crippen LogP contribution in [-0.4, -0.2) is 0 Å². The number of para-hydroxylation sites is 3. The minimum absolute atomic E-state index is 0.468. The zero-order valence-electron chi connectivity index (χ0n) is 27.9. The molecule has 9 aromatic rings. The van der Waals surface area contributed by atoms with Gasteiger partial charge in [0.25, 0.3) is 0 Å². The standard InChI is InChI=1S/C49H33NO/c1-4-16-35(17-5-1)49(44-25-13-10-23-40(44)41-24-11-14-26-45(41)49)36-29-30-42-43-32-34(28-31-47(43)51-48(42)33-36)39-22-12-15-27-46(39)50(37-18-6-2-7-19-37)38-20-8-3-9-21-38/h1-33H. The van der Waals surface area contributed by atoms with Crippen molar-refractivity contribution < 1.29 is 4.42 Å². The number of hydrogen-bond acceptors (Lipinski definition) is 2. The van der Waals surface area contributed by atoms with Crippen LogP contribution >= 0.6 is 0 Å². The van der Waals surface area contributed by atoms with Crippen LogP contribution in [0.3, 0.4) is 0 Å². The molecule has 0 unspecified atom stereocenters. The first-order valence-electron chi connectivity index (χ1n) is 17.5. The summed E-state index contributed by atoms with van der Waals surface area (Å²) >= 11 is 0. The highest BCUT2D eigenvalue weighted by atomic mass is 16.3. The summed E-state index contributed by atoms with van der Waals surface area (Å²) in [5.74, 6) is 0. The summed E-state index contributed by atoms with van der Waals surface area (Å²) in [6.07, 6.45) is 0. The van der Waals surface area contributed by atoms with E-state index in [9.17, 15) is 0 Å². The molecule has 1 heterocycles.